The van der Waals surface area contributed by atoms with E-state index in [-0.39, 0.29) is 5.91 Å². The van der Waals surface area contributed by atoms with E-state index >= 15 is 0 Å². The molecule has 0 radical (unpaired) electrons. The number of carbonyl (C=O) groups excluding carboxylic acids is 1. The zero-order valence-electron chi connectivity index (χ0n) is 16.3. The fourth-order valence-electron chi connectivity index (χ4n) is 3.67. The Balaban J connectivity index is 1.69. The molecule has 1 amide bonds. The highest BCUT2D eigenvalue weighted by Gasteiger charge is 2.26. The van der Waals surface area contributed by atoms with E-state index in [0.717, 1.165) is 76.1 Å². The van der Waals surface area contributed by atoms with Crippen molar-refractivity contribution in [3.63, 3.8) is 0 Å². The van der Waals surface area contributed by atoms with Crippen molar-refractivity contribution in [1.82, 2.24) is 19.8 Å². The summed E-state index contributed by atoms with van der Waals surface area (Å²) in [5.74, 6) is 2.39. The normalized spacial score (nSPS) is 21.7. The molecule has 144 valence electrons. The molecule has 7 nitrogen and oxygen atoms in total. The van der Waals surface area contributed by atoms with Crippen LogP contribution in [0.4, 0.5) is 5.82 Å². The average molecular weight is 361 g/mol. The van der Waals surface area contributed by atoms with Gasteiger partial charge in [0.25, 0.3) is 0 Å². The third-order valence-corrected chi connectivity index (χ3v) is 5.36. The highest BCUT2D eigenvalue weighted by Crippen LogP contribution is 2.28. The van der Waals surface area contributed by atoms with Crippen LogP contribution in [0.2, 0.25) is 0 Å². The van der Waals surface area contributed by atoms with Crippen LogP contribution in [0, 0.1) is 6.92 Å². The van der Waals surface area contributed by atoms with E-state index in [2.05, 4.69) is 20.9 Å². The minimum absolute atomic E-state index is 0.195. The second-order valence-electron chi connectivity index (χ2n) is 7.28. The molecule has 0 unspecified atom stereocenters. The van der Waals surface area contributed by atoms with Crippen LogP contribution in [0.3, 0.4) is 0 Å². The summed E-state index contributed by atoms with van der Waals surface area (Å²) < 4.78 is 5.45. The third-order valence-electron chi connectivity index (χ3n) is 5.36. The lowest BCUT2D eigenvalue weighted by molar-refractivity contribution is -0.131. The molecule has 26 heavy (non-hydrogen) atoms. The number of nitrogens with zero attached hydrogens (tertiary/aromatic N) is 5. The molecule has 1 atom stereocenters. The molecule has 0 aromatic carbocycles. The number of carbonyl (C=O) groups is 1. The molecule has 0 saturated carbocycles. The Morgan fingerprint density at radius 3 is 2.81 bits per heavy atom. The van der Waals surface area contributed by atoms with Gasteiger partial charge in [-0.3, -0.25) is 9.69 Å². The number of piperidine rings is 1. The minimum atomic E-state index is 0.195. The lowest BCUT2D eigenvalue weighted by atomic mass is 9.94. The number of aryl methyl sites for hydroxylation is 1. The van der Waals surface area contributed by atoms with E-state index in [0.29, 0.717) is 12.5 Å². The number of morpholine rings is 1. The molecule has 0 N–H and O–H groups in total. The van der Waals surface area contributed by atoms with Gasteiger partial charge in [-0.2, -0.15) is 0 Å². The number of hydrogen-bond acceptors (Lipinski definition) is 6. The van der Waals surface area contributed by atoms with Crippen molar-refractivity contribution in [2.24, 2.45) is 0 Å². The number of rotatable bonds is 5. The van der Waals surface area contributed by atoms with Crippen LogP contribution < -0.4 is 4.90 Å². The summed E-state index contributed by atoms with van der Waals surface area (Å²) in [6.45, 7) is 10.4. The molecule has 7 heteroatoms. The summed E-state index contributed by atoms with van der Waals surface area (Å²) in [4.78, 5) is 27.9. The largest absolute Gasteiger partial charge is 0.378 e. The molecule has 0 bridgehead atoms. The summed E-state index contributed by atoms with van der Waals surface area (Å²) in [5, 5.41) is 0. The molecule has 0 spiro atoms. The highest BCUT2D eigenvalue weighted by molar-refractivity contribution is 5.77. The predicted octanol–water partition coefficient (Wildman–Crippen LogP) is 1.28. The molecule has 2 aliphatic heterocycles. The van der Waals surface area contributed by atoms with Gasteiger partial charge in [0.05, 0.1) is 25.5 Å². The second kappa shape index (κ2) is 8.77. The van der Waals surface area contributed by atoms with Gasteiger partial charge in [0.1, 0.15) is 11.6 Å². The predicted molar refractivity (Wildman–Crippen MR) is 102 cm³/mol. The lowest BCUT2D eigenvalue weighted by Gasteiger charge is -2.33. The first-order valence-electron chi connectivity index (χ1n) is 9.71. The first-order valence-corrected chi connectivity index (χ1v) is 9.71. The van der Waals surface area contributed by atoms with Crippen LogP contribution in [0.1, 0.15) is 37.2 Å². The van der Waals surface area contributed by atoms with Crippen molar-refractivity contribution in [3.05, 3.63) is 17.6 Å². The molecule has 2 fully saturated rings. The van der Waals surface area contributed by atoms with Gasteiger partial charge in [-0.05, 0) is 33.2 Å². The molecule has 2 aliphatic rings. The quantitative estimate of drug-likeness (QED) is 0.787. The Hall–Kier alpha value is -1.73. The maximum absolute atomic E-state index is 12.2. The van der Waals surface area contributed by atoms with Crippen molar-refractivity contribution >= 4 is 11.7 Å². The van der Waals surface area contributed by atoms with E-state index in [1.165, 1.54) is 0 Å². The minimum Gasteiger partial charge on any atom is -0.378 e. The number of hydrogen-bond donors (Lipinski definition) is 0. The Labute approximate surface area is 156 Å². The standard InChI is InChI=1S/C19H31N5O2/c1-4-22(3)19(25)14-23-7-5-6-16(13-23)17-12-18(21-15(2)20-17)24-8-10-26-11-9-24/h12,16H,4-11,13-14H2,1-3H3/t16-/m1/s1. The van der Waals surface area contributed by atoms with Crippen LogP contribution in [-0.2, 0) is 9.53 Å². The molecule has 2 saturated heterocycles. The zero-order valence-corrected chi connectivity index (χ0v) is 16.3. The van der Waals surface area contributed by atoms with E-state index in [9.17, 15) is 4.79 Å². The van der Waals surface area contributed by atoms with E-state index < -0.39 is 0 Å². The fraction of sp³-hybridized carbons (Fsp3) is 0.737. The number of aromatic nitrogens is 2. The fourth-order valence-corrected chi connectivity index (χ4v) is 3.67. The Kier molecular flexibility index (Phi) is 6.43. The summed E-state index contributed by atoms with van der Waals surface area (Å²) in [6, 6.07) is 2.15. The Morgan fingerprint density at radius 1 is 1.31 bits per heavy atom. The number of likely N-dealkylation sites (N-methyl/N-ethyl adjacent to an activating group) is 1. The maximum Gasteiger partial charge on any atom is 0.236 e. The highest BCUT2D eigenvalue weighted by atomic mass is 16.5. The van der Waals surface area contributed by atoms with E-state index in [1.807, 2.05) is 20.9 Å². The molecular formula is C19H31N5O2. The van der Waals surface area contributed by atoms with Crippen LogP contribution >= 0.6 is 0 Å². The van der Waals surface area contributed by atoms with Crippen LogP contribution in [0.25, 0.3) is 0 Å². The van der Waals surface area contributed by atoms with Crippen molar-refractivity contribution in [1.29, 1.82) is 0 Å². The SMILES string of the molecule is CCN(C)C(=O)CN1CCC[C@@H](c2cc(N3CCOCC3)nc(C)n2)C1. The number of amides is 1. The van der Waals surface area contributed by atoms with Gasteiger partial charge in [0.15, 0.2) is 0 Å². The first kappa shape index (κ1) is 19.0. The van der Waals surface area contributed by atoms with E-state index in [1.54, 1.807) is 4.90 Å². The average Bonchev–Trinajstić information content (AvgIpc) is 2.67. The van der Waals surface area contributed by atoms with Gasteiger partial charge in [-0.1, -0.05) is 0 Å². The third kappa shape index (κ3) is 4.71. The summed E-state index contributed by atoms with van der Waals surface area (Å²) in [5.41, 5.74) is 1.11. The van der Waals surface area contributed by atoms with Gasteiger partial charge in [0.2, 0.25) is 5.91 Å². The Bertz CT molecular complexity index is 618. The number of ether oxygens (including phenoxy) is 1. The van der Waals surface area contributed by atoms with Crippen molar-refractivity contribution in [2.45, 2.75) is 32.6 Å². The number of anilines is 1. The molecule has 0 aliphatic carbocycles. The topological polar surface area (TPSA) is 61.8 Å². The smallest absolute Gasteiger partial charge is 0.236 e. The number of likely N-dealkylation sites (tertiary alicyclic amines) is 1. The van der Waals surface area contributed by atoms with Crippen molar-refractivity contribution < 1.29 is 9.53 Å². The van der Waals surface area contributed by atoms with Gasteiger partial charge in [0, 0.05) is 45.2 Å². The van der Waals surface area contributed by atoms with E-state index in [4.69, 9.17) is 9.72 Å². The van der Waals surface area contributed by atoms with Crippen LogP contribution in [-0.4, -0.2) is 85.2 Å². The summed E-state index contributed by atoms with van der Waals surface area (Å²) >= 11 is 0. The van der Waals surface area contributed by atoms with Gasteiger partial charge in [-0.25, -0.2) is 9.97 Å². The van der Waals surface area contributed by atoms with Gasteiger partial charge in [-0.15, -0.1) is 0 Å². The summed E-state index contributed by atoms with van der Waals surface area (Å²) in [6.07, 6.45) is 2.22. The molecule has 1 aromatic rings. The lowest BCUT2D eigenvalue weighted by Crippen LogP contribution is -2.42. The zero-order chi connectivity index (χ0) is 18.5. The monoisotopic (exact) mass is 361 g/mol. The summed E-state index contributed by atoms with van der Waals surface area (Å²) in [7, 11) is 1.87. The Morgan fingerprint density at radius 2 is 2.08 bits per heavy atom. The molecule has 1 aromatic heterocycles. The van der Waals surface area contributed by atoms with Gasteiger partial charge >= 0.3 is 0 Å². The van der Waals surface area contributed by atoms with Crippen LogP contribution in [0.15, 0.2) is 6.07 Å². The van der Waals surface area contributed by atoms with Crippen molar-refractivity contribution in [3.8, 4) is 0 Å². The van der Waals surface area contributed by atoms with Gasteiger partial charge < -0.3 is 14.5 Å². The first-order chi connectivity index (χ1) is 12.6. The molecule has 3 rings (SSSR count). The molecule has 3 heterocycles. The molecular weight excluding hydrogens is 330 g/mol. The maximum atomic E-state index is 12.2. The van der Waals surface area contributed by atoms with Crippen molar-refractivity contribution in [2.75, 3.05) is 64.4 Å². The second-order valence-corrected chi connectivity index (χ2v) is 7.28. The van der Waals surface area contributed by atoms with Crippen LogP contribution in [0.5, 0.6) is 0 Å².